The number of quaternary nitrogens is 1. The van der Waals surface area contributed by atoms with Crippen molar-refractivity contribution in [1.29, 1.82) is 0 Å². The summed E-state index contributed by atoms with van der Waals surface area (Å²) in [7, 11) is 6.37. The van der Waals surface area contributed by atoms with Gasteiger partial charge in [-0.3, -0.25) is 4.48 Å². The van der Waals surface area contributed by atoms with Crippen molar-refractivity contribution in [2.24, 2.45) is 0 Å². The molecule has 0 radical (unpaired) electrons. The highest BCUT2D eigenvalue weighted by Crippen LogP contribution is 2.32. The molecule has 1 aromatic rings. The molecule has 1 amide bonds. The number of likely N-dealkylation sites (tertiary alicyclic amines) is 1. The molecule has 2 aliphatic heterocycles. The van der Waals surface area contributed by atoms with E-state index in [2.05, 4.69) is 47.8 Å². The van der Waals surface area contributed by atoms with Crippen LogP contribution >= 0.6 is 11.7 Å². The van der Waals surface area contributed by atoms with Crippen LogP contribution < -0.4 is 4.74 Å². The van der Waals surface area contributed by atoms with Gasteiger partial charge in [0.1, 0.15) is 12.2 Å². The maximum atomic E-state index is 12.9. The molecule has 1 unspecified atom stereocenters. The molecule has 3 rings (SSSR count). The fourth-order valence-corrected chi connectivity index (χ4v) is 5.16. The number of carbonyl (C=O) groups excluding carboxylic acids is 1. The summed E-state index contributed by atoms with van der Waals surface area (Å²) in [4.78, 5) is 17.0. The van der Waals surface area contributed by atoms with Crippen LogP contribution in [0.1, 0.15) is 64.5 Å². The van der Waals surface area contributed by atoms with E-state index in [4.69, 9.17) is 9.47 Å². The first-order chi connectivity index (χ1) is 15.8. The monoisotopic (exact) mass is 480 g/mol. The molecule has 2 atom stereocenters. The molecule has 1 fully saturated rings. The summed E-state index contributed by atoms with van der Waals surface area (Å²) >= 11 is 1.20. The third-order valence-corrected chi connectivity index (χ3v) is 7.68. The second kappa shape index (κ2) is 12.1. The van der Waals surface area contributed by atoms with Gasteiger partial charge >= 0.3 is 6.09 Å². The first-order valence-electron chi connectivity index (χ1n) is 12.4. The van der Waals surface area contributed by atoms with E-state index in [9.17, 15) is 4.79 Å². The molecule has 0 aliphatic carbocycles. The van der Waals surface area contributed by atoms with E-state index in [1.807, 2.05) is 11.8 Å². The summed E-state index contributed by atoms with van der Waals surface area (Å²) in [6.45, 7) is 8.08. The van der Waals surface area contributed by atoms with E-state index in [0.717, 1.165) is 63.1 Å². The number of likely N-dealkylation sites (N-methyl/N-ethyl adjacent to an activating group) is 1. The Labute approximate surface area is 203 Å². The molecule has 1 saturated heterocycles. The minimum Gasteiger partial charge on any atom is -0.475 e. The molecule has 8 nitrogen and oxygen atoms in total. The molecule has 0 N–H and O–H groups in total. The molecule has 0 bridgehead atoms. The topological polar surface area (TPSA) is 67.8 Å². The van der Waals surface area contributed by atoms with E-state index in [1.54, 1.807) is 0 Å². The van der Waals surface area contributed by atoms with E-state index >= 15 is 0 Å². The quantitative estimate of drug-likeness (QED) is 0.369. The van der Waals surface area contributed by atoms with Crippen molar-refractivity contribution >= 4 is 23.4 Å². The molecule has 33 heavy (non-hydrogen) atoms. The molecule has 0 aromatic carbocycles. The van der Waals surface area contributed by atoms with E-state index < -0.39 is 0 Å². The van der Waals surface area contributed by atoms with Crippen LogP contribution in [-0.2, 0) is 4.74 Å². The number of ether oxygens (including phenoxy) is 2. The van der Waals surface area contributed by atoms with Crippen molar-refractivity contribution in [2.75, 3.05) is 53.9 Å². The molecular weight excluding hydrogens is 438 g/mol. The summed E-state index contributed by atoms with van der Waals surface area (Å²) in [5.41, 5.74) is 1.99. The number of rotatable bonds is 10. The summed E-state index contributed by atoms with van der Waals surface area (Å²) in [5.74, 6) is 0.643. The Kier molecular flexibility index (Phi) is 9.52. The molecule has 0 spiro atoms. The highest BCUT2D eigenvalue weighted by Gasteiger charge is 2.38. The predicted molar refractivity (Wildman–Crippen MR) is 132 cm³/mol. The zero-order valence-corrected chi connectivity index (χ0v) is 21.9. The van der Waals surface area contributed by atoms with Gasteiger partial charge < -0.3 is 19.3 Å². The average Bonchev–Trinajstić information content (AvgIpc) is 3.27. The van der Waals surface area contributed by atoms with Gasteiger partial charge in [-0.2, -0.15) is 4.37 Å². The average molecular weight is 481 g/mol. The minimum absolute atomic E-state index is 0.193. The Balaban J connectivity index is 1.55. The van der Waals surface area contributed by atoms with Gasteiger partial charge in [0.25, 0.3) is 5.88 Å². The van der Waals surface area contributed by atoms with Crippen molar-refractivity contribution in [1.82, 2.24) is 18.5 Å². The number of hydrogen-bond donors (Lipinski definition) is 0. The van der Waals surface area contributed by atoms with Crippen LogP contribution in [0.15, 0.2) is 6.08 Å². The minimum atomic E-state index is -0.238. The standard InChI is InChI=1S/C24H42N5O3S/c1-6-7-8-9-17-31-23-22(25-33-26-23)20-11-10-16-29(5,18-20)19(2)32-24(30)28-14-12-21(13-15-28)27(3)4/h11,19,21H,6-10,12-18H2,1-5H3/q+1/t19-,29?/m1/s1. The third kappa shape index (κ3) is 6.90. The molecule has 2 aliphatic rings. The second-order valence-corrected chi connectivity index (χ2v) is 10.4. The molecule has 186 valence electrons. The van der Waals surface area contributed by atoms with Gasteiger partial charge in [0.2, 0.25) is 6.23 Å². The highest BCUT2D eigenvalue weighted by atomic mass is 32.1. The number of aromatic nitrogens is 2. The smallest absolute Gasteiger partial charge is 0.414 e. The maximum absolute atomic E-state index is 12.9. The Morgan fingerprint density at radius 2 is 2.03 bits per heavy atom. The third-order valence-electron chi connectivity index (χ3n) is 7.16. The molecule has 1 aromatic heterocycles. The normalized spacial score (nSPS) is 22.8. The fourth-order valence-electron chi connectivity index (χ4n) is 4.63. The Hall–Kier alpha value is -1.71. The summed E-state index contributed by atoms with van der Waals surface area (Å²) < 4.78 is 21.5. The molecule has 0 saturated carbocycles. The first kappa shape index (κ1) is 25.9. The van der Waals surface area contributed by atoms with Crippen LogP contribution in [0.4, 0.5) is 4.79 Å². The summed E-state index contributed by atoms with van der Waals surface area (Å²) in [6.07, 6.45) is 9.37. The van der Waals surface area contributed by atoms with Crippen LogP contribution in [0.3, 0.4) is 0 Å². The van der Waals surface area contributed by atoms with Crippen LogP contribution in [0.25, 0.3) is 5.57 Å². The molecule has 9 heteroatoms. The first-order valence-corrected chi connectivity index (χ1v) is 13.2. The van der Waals surface area contributed by atoms with Crippen molar-refractivity contribution in [2.45, 2.75) is 71.1 Å². The highest BCUT2D eigenvalue weighted by molar-refractivity contribution is 6.99. The van der Waals surface area contributed by atoms with Gasteiger partial charge in [-0.15, -0.1) is 4.37 Å². The Bertz CT molecular complexity index is 791. The zero-order valence-electron chi connectivity index (χ0n) is 21.1. The number of nitrogens with zero attached hydrogens (tertiary/aromatic N) is 5. The number of unbranched alkanes of at least 4 members (excludes halogenated alkanes) is 3. The molecule has 3 heterocycles. The van der Waals surface area contributed by atoms with Crippen LogP contribution in [-0.4, -0.2) is 95.3 Å². The van der Waals surface area contributed by atoms with Crippen molar-refractivity contribution in [3.63, 3.8) is 0 Å². The fraction of sp³-hybridized carbons (Fsp3) is 0.792. The SMILES string of the molecule is CCCCCCOc1nsnc1C1=CCC[N+](C)([C@@H](C)OC(=O)N2CCC(N(C)C)CC2)C1. The van der Waals surface area contributed by atoms with Gasteiger partial charge in [0, 0.05) is 38.0 Å². The van der Waals surface area contributed by atoms with E-state index in [0.29, 0.717) is 23.0 Å². The van der Waals surface area contributed by atoms with Gasteiger partial charge in [-0.05, 0) is 33.4 Å². The van der Waals surface area contributed by atoms with Gasteiger partial charge in [0.15, 0.2) is 0 Å². The maximum Gasteiger partial charge on any atom is 0.414 e. The number of hydrogen-bond acceptors (Lipinski definition) is 7. The summed E-state index contributed by atoms with van der Waals surface area (Å²) in [5, 5.41) is 0. The van der Waals surface area contributed by atoms with Gasteiger partial charge in [0.05, 0.1) is 31.9 Å². The van der Waals surface area contributed by atoms with Crippen molar-refractivity contribution in [3.8, 4) is 5.88 Å². The summed E-state index contributed by atoms with van der Waals surface area (Å²) in [6, 6.07) is 0.542. The number of carbonyl (C=O) groups is 1. The number of amides is 1. The second-order valence-electron chi connectivity index (χ2n) is 9.87. The van der Waals surface area contributed by atoms with E-state index in [-0.39, 0.29) is 12.3 Å². The lowest BCUT2D eigenvalue weighted by Gasteiger charge is -2.42. The van der Waals surface area contributed by atoms with E-state index in [1.165, 1.54) is 31.0 Å². The van der Waals surface area contributed by atoms with Crippen molar-refractivity contribution < 1.29 is 18.8 Å². The van der Waals surface area contributed by atoms with Crippen LogP contribution in [0.2, 0.25) is 0 Å². The lowest BCUT2D eigenvalue weighted by molar-refractivity contribution is -0.944. The lowest BCUT2D eigenvalue weighted by Crippen LogP contribution is -2.56. The predicted octanol–water partition coefficient (Wildman–Crippen LogP) is 4.24. The number of piperidine rings is 1. The Morgan fingerprint density at radius 1 is 1.27 bits per heavy atom. The largest absolute Gasteiger partial charge is 0.475 e. The van der Waals surface area contributed by atoms with Crippen LogP contribution in [0, 0.1) is 0 Å². The van der Waals surface area contributed by atoms with Crippen LogP contribution in [0.5, 0.6) is 5.88 Å². The van der Waals surface area contributed by atoms with Gasteiger partial charge in [-0.1, -0.05) is 32.3 Å². The lowest BCUT2D eigenvalue weighted by atomic mass is 10.0. The molecular formula is C24H42N5O3S+. The zero-order chi connectivity index (χ0) is 23.8. The van der Waals surface area contributed by atoms with Gasteiger partial charge in [-0.25, -0.2) is 4.79 Å². The van der Waals surface area contributed by atoms with Crippen molar-refractivity contribution in [3.05, 3.63) is 11.8 Å². The Morgan fingerprint density at radius 3 is 2.73 bits per heavy atom.